The molecule has 0 aliphatic carbocycles. The molecule has 0 aliphatic heterocycles. The predicted octanol–water partition coefficient (Wildman–Crippen LogP) is 2.06. The molecule has 3 N–H and O–H groups in total. The molecule has 0 fully saturated rings. The third-order valence-electron chi connectivity index (χ3n) is 2.78. The zero-order valence-corrected chi connectivity index (χ0v) is 13.0. The quantitative estimate of drug-likeness (QED) is 0.750. The summed E-state index contributed by atoms with van der Waals surface area (Å²) < 4.78 is 0. The molecular weight excluding hydrogens is 278 g/mol. The molecule has 1 atom stereocenters. The minimum Gasteiger partial charge on any atom is -0.480 e. The van der Waals surface area contributed by atoms with Gasteiger partial charge < -0.3 is 15.7 Å². The van der Waals surface area contributed by atoms with Crippen molar-refractivity contribution in [1.82, 2.24) is 15.6 Å². The summed E-state index contributed by atoms with van der Waals surface area (Å²) in [5.74, 6) is -0.824. The van der Waals surface area contributed by atoms with Gasteiger partial charge in [0.1, 0.15) is 11.0 Å². The van der Waals surface area contributed by atoms with Crippen molar-refractivity contribution >= 4 is 23.3 Å². The van der Waals surface area contributed by atoms with Crippen LogP contribution in [0.4, 0.5) is 4.79 Å². The average Bonchev–Trinajstić information content (AvgIpc) is 2.65. The number of carbonyl (C=O) groups is 2. The van der Waals surface area contributed by atoms with Crippen LogP contribution >= 0.6 is 11.3 Å². The standard InChI is InChI=1S/C13H21N3O3S/c1-7(2)5-10(12(17)18)16-13(19)14-6-11-15-8(3)9(4)20-11/h7,10H,5-6H2,1-4H3,(H,17,18)(H2,14,16,19). The monoisotopic (exact) mass is 299 g/mol. The van der Waals surface area contributed by atoms with E-state index in [1.54, 1.807) is 0 Å². The first-order chi connectivity index (χ1) is 9.29. The van der Waals surface area contributed by atoms with E-state index in [1.807, 2.05) is 27.7 Å². The Bertz CT molecular complexity index is 466. The number of nitrogens with one attached hydrogen (secondary N) is 2. The number of aryl methyl sites for hydroxylation is 2. The van der Waals surface area contributed by atoms with E-state index in [2.05, 4.69) is 15.6 Å². The number of rotatable bonds is 6. The van der Waals surface area contributed by atoms with Gasteiger partial charge in [0.15, 0.2) is 0 Å². The van der Waals surface area contributed by atoms with Crippen LogP contribution in [0.2, 0.25) is 0 Å². The third kappa shape index (κ3) is 5.16. The molecule has 0 bridgehead atoms. The molecule has 6 nitrogen and oxygen atoms in total. The highest BCUT2D eigenvalue weighted by molar-refractivity contribution is 7.11. The van der Waals surface area contributed by atoms with Crippen molar-refractivity contribution in [3.05, 3.63) is 15.6 Å². The summed E-state index contributed by atoms with van der Waals surface area (Å²) in [6.07, 6.45) is 0.401. The Morgan fingerprint density at radius 3 is 2.45 bits per heavy atom. The van der Waals surface area contributed by atoms with Gasteiger partial charge >= 0.3 is 12.0 Å². The lowest BCUT2D eigenvalue weighted by Gasteiger charge is -2.16. The summed E-state index contributed by atoms with van der Waals surface area (Å²) in [5.41, 5.74) is 0.954. The molecule has 0 saturated carbocycles. The highest BCUT2D eigenvalue weighted by Gasteiger charge is 2.20. The van der Waals surface area contributed by atoms with E-state index in [9.17, 15) is 9.59 Å². The normalized spacial score (nSPS) is 12.2. The topological polar surface area (TPSA) is 91.3 Å². The van der Waals surface area contributed by atoms with Gasteiger partial charge in [-0.05, 0) is 26.2 Å². The maximum Gasteiger partial charge on any atom is 0.326 e. The molecular formula is C13H21N3O3S. The Hall–Kier alpha value is -1.63. The van der Waals surface area contributed by atoms with Crippen LogP contribution in [-0.4, -0.2) is 28.1 Å². The van der Waals surface area contributed by atoms with E-state index in [0.29, 0.717) is 13.0 Å². The SMILES string of the molecule is Cc1nc(CNC(=O)NC(CC(C)C)C(=O)O)sc1C. The molecule has 0 saturated heterocycles. The zero-order chi connectivity index (χ0) is 15.3. The summed E-state index contributed by atoms with van der Waals surface area (Å²) in [4.78, 5) is 28.2. The van der Waals surface area contributed by atoms with Crippen LogP contribution in [0.15, 0.2) is 0 Å². The lowest BCUT2D eigenvalue weighted by Crippen LogP contribution is -2.46. The van der Waals surface area contributed by atoms with Gasteiger partial charge in [-0.2, -0.15) is 0 Å². The highest BCUT2D eigenvalue weighted by Crippen LogP contribution is 2.15. The number of carbonyl (C=O) groups excluding carboxylic acids is 1. The largest absolute Gasteiger partial charge is 0.480 e. The minimum atomic E-state index is -1.02. The van der Waals surface area contributed by atoms with Gasteiger partial charge in [-0.3, -0.25) is 0 Å². The first-order valence-electron chi connectivity index (χ1n) is 6.49. The van der Waals surface area contributed by atoms with Crippen molar-refractivity contribution in [3.63, 3.8) is 0 Å². The number of aliphatic carboxylic acids is 1. The molecule has 1 unspecified atom stereocenters. The Kier molecular flexibility index (Phi) is 5.94. The minimum absolute atomic E-state index is 0.195. The molecule has 7 heteroatoms. The van der Waals surface area contributed by atoms with Crippen LogP contribution in [0, 0.1) is 19.8 Å². The fourth-order valence-corrected chi connectivity index (χ4v) is 2.55. The van der Waals surface area contributed by atoms with E-state index >= 15 is 0 Å². The number of amides is 2. The van der Waals surface area contributed by atoms with Gasteiger partial charge in [-0.15, -0.1) is 11.3 Å². The number of urea groups is 1. The molecule has 20 heavy (non-hydrogen) atoms. The van der Waals surface area contributed by atoms with Crippen LogP contribution in [0.5, 0.6) is 0 Å². The van der Waals surface area contributed by atoms with Crippen molar-refractivity contribution in [1.29, 1.82) is 0 Å². The summed E-state index contributed by atoms with van der Waals surface area (Å²) in [5, 5.41) is 15.0. The van der Waals surface area contributed by atoms with E-state index < -0.39 is 18.0 Å². The second kappa shape index (κ2) is 7.23. The molecule has 1 rings (SSSR count). The van der Waals surface area contributed by atoms with Crippen molar-refractivity contribution in [2.45, 2.75) is 46.7 Å². The van der Waals surface area contributed by atoms with Crippen LogP contribution < -0.4 is 10.6 Å². The van der Waals surface area contributed by atoms with Crippen molar-refractivity contribution in [2.24, 2.45) is 5.92 Å². The van der Waals surface area contributed by atoms with Gasteiger partial charge in [-0.25, -0.2) is 14.6 Å². The van der Waals surface area contributed by atoms with E-state index in [-0.39, 0.29) is 5.92 Å². The molecule has 1 aromatic rings. The van der Waals surface area contributed by atoms with Crippen molar-refractivity contribution in [3.8, 4) is 0 Å². The van der Waals surface area contributed by atoms with Crippen LogP contribution in [-0.2, 0) is 11.3 Å². The lowest BCUT2D eigenvalue weighted by molar-refractivity contribution is -0.139. The number of aromatic nitrogens is 1. The predicted molar refractivity (Wildman–Crippen MR) is 77.8 cm³/mol. The fourth-order valence-electron chi connectivity index (χ4n) is 1.67. The van der Waals surface area contributed by atoms with Crippen molar-refractivity contribution < 1.29 is 14.7 Å². The molecule has 2 amide bonds. The second-order valence-electron chi connectivity index (χ2n) is 5.10. The van der Waals surface area contributed by atoms with E-state index in [0.717, 1.165) is 15.6 Å². The number of thiazole rings is 1. The number of hydrogen-bond acceptors (Lipinski definition) is 4. The van der Waals surface area contributed by atoms with E-state index in [1.165, 1.54) is 11.3 Å². The molecule has 1 heterocycles. The first-order valence-corrected chi connectivity index (χ1v) is 7.31. The molecule has 112 valence electrons. The number of nitrogens with zero attached hydrogens (tertiary/aromatic N) is 1. The Balaban J connectivity index is 2.47. The smallest absolute Gasteiger partial charge is 0.326 e. The van der Waals surface area contributed by atoms with Crippen LogP contribution in [0.25, 0.3) is 0 Å². The maximum atomic E-state index is 11.7. The number of carboxylic acid groups (broad SMARTS) is 1. The number of hydrogen-bond donors (Lipinski definition) is 3. The third-order valence-corrected chi connectivity index (χ3v) is 3.86. The first kappa shape index (κ1) is 16.4. The molecule has 1 aromatic heterocycles. The van der Waals surface area contributed by atoms with Crippen molar-refractivity contribution in [2.75, 3.05) is 0 Å². The van der Waals surface area contributed by atoms with Gasteiger partial charge in [0.25, 0.3) is 0 Å². The Labute approximate surface area is 122 Å². The molecule has 0 aromatic carbocycles. The van der Waals surface area contributed by atoms with Gasteiger partial charge in [0, 0.05) is 4.88 Å². The summed E-state index contributed by atoms with van der Waals surface area (Å²) in [7, 11) is 0. The molecule has 0 aliphatic rings. The van der Waals surface area contributed by atoms with Gasteiger partial charge in [0.05, 0.1) is 12.2 Å². The van der Waals surface area contributed by atoms with Gasteiger partial charge in [-0.1, -0.05) is 13.8 Å². The summed E-state index contributed by atoms with van der Waals surface area (Å²) >= 11 is 1.52. The van der Waals surface area contributed by atoms with E-state index in [4.69, 9.17) is 5.11 Å². The van der Waals surface area contributed by atoms with Crippen LogP contribution in [0.3, 0.4) is 0 Å². The van der Waals surface area contributed by atoms with Gasteiger partial charge in [0.2, 0.25) is 0 Å². The summed E-state index contributed by atoms with van der Waals surface area (Å²) in [6.45, 7) is 8.02. The lowest BCUT2D eigenvalue weighted by atomic mass is 10.0. The highest BCUT2D eigenvalue weighted by atomic mass is 32.1. The fraction of sp³-hybridized carbons (Fsp3) is 0.615. The zero-order valence-electron chi connectivity index (χ0n) is 12.2. The maximum absolute atomic E-state index is 11.7. The number of carboxylic acids is 1. The Morgan fingerprint density at radius 2 is 2.00 bits per heavy atom. The average molecular weight is 299 g/mol. The second-order valence-corrected chi connectivity index (χ2v) is 6.38. The Morgan fingerprint density at radius 1 is 1.35 bits per heavy atom. The molecule has 0 radical (unpaired) electrons. The molecule has 0 spiro atoms. The van der Waals surface area contributed by atoms with Crippen LogP contribution in [0.1, 0.15) is 35.8 Å². The summed E-state index contributed by atoms with van der Waals surface area (Å²) in [6, 6.07) is -1.35.